The molecule has 0 radical (unpaired) electrons. The van der Waals surface area contributed by atoms with Gasteiger partial charge in [0.1, 0.15) is 0 Å². The van der Waals surface area contributed by atoms with Crippen molar-refractivity contribution in [3.05, 3.63) is 35.4 Å². The van der Waals surface area contributed by atoms with E-state index in [0.29, 0.717) is 0 Å². The van der Waals surface area contributed by atoms with Crippen LogP contribution in [0.15, 0.2) is 24.3 Å². The molecule has 0 aliphatic rings. The second-order valence-electron chi connectivity index (χ2n) is 3.45. The van der Waals surface area contributed by atoms with Crippen LogP contribution in [0, 0.1) is 18.4 Å². The van der Waals surface area contributed by atoms with E-state index in [9.17, 15) is 0 Å². The molecule has 2 heteroatoms. The molecule has 14 heavy (non-hydrogen) atoms. The maximum Gasteiger partial charge on any atom is 0.179 e. The van der Waals surface area contributed by atoms with E-state index in [1.165, 1.54) is 11.1 Å². The number of rotatable bonds is 4. The van der Waals surface area contributed by atoms with Gasteiger partial charge >= 0.3 is 0 Å². The molecule has 0 atom stereocenters. The highest BCUT2D eigenvalue weighted by Gasteiger charge is 2.03. The third kappa shape index (κ3) is 2.77. The monoisotopic (exact) mass is 188 g/mol. The third-order valence-corrected chi connectivity index (χ3v) is 2.26. The summed E-state index contributed by atoms with van der Waals surface area (Å²) in [5.41, 5.74) is 2.49. The van der Waals surface area contributed by atoms with Gasteiger partial charge in [-0.1, -0.05) is 31.2 Å². The molecule has 0 unspecified atom stereocenters. The average molecular weight is 188 g/mol. The van der Waals surface area contributed by atoms with Gasteiger partial charge in [0.25, 0.3) is 0 Å². The quantitative estimate of drug-likeness (QED) is 0.536. The molecule has 0 heterocycles. The van der Waals surface area contributed by atoms with Crippen LogP contribution in [0.5, 0.6) is 0 Å². The summed E-state index contributed by atoms with van der Waals surface area (Å²) < 4.78 is 0. The van der Waals surface area contributed by atoms with Gasteiger partial charge in [-0.05, 0) is 24.5 Å². The largest absolute Gasteiger partial charge is 0.306 e. The molecule has 0 aliphatic carbocycles. The molecule has 0 saturated carbocycles. The predicted octanol–water partition coefficient (Wildman–Crippen LogP) is 2.69. The summed E-state index contributed by atoms with van der Waals surface area (Å²) in [7, 11) is 0. The van der Waals surface area contributed by atoms with Crippen LogP contribution in [0.4, 0.5) is 0 Å². The number of hydrogen-bond donors (Lipinski definition) is 0. The number of benzene rings is 1. The van der Waals surface area contributed by atoms with Crippen LogP contribution in [-0.4, -0.2) is 11.4 Å². The highest BCUT2D eigenvalue weighted by Crippen LogP contribution is 2.09. The van der Waals surface area contributed by atoms with E-state index in [1.54, 1.807) is 4.90 Å². The van der Waals surface area contributed by atoms with Crippen molar-refractivity contribution in [1.82, 2.24) is 4.90 Å². The van der Waals surface area contributed by atoms with Gasteiger partial charge in [0, 0.05) is 6.54 Å². The summed E-state index contributed by atoms with van der Waals surface area (Å²) in [5, 5.41) is 8.89. The van der Waals surface area contributed by atoms with Crippen LogP contribution < -0.4 is 0 Å². The van der Waals surface area contributed by atoms with Crippen molar-refractivity contribution in [2.45, 2.75) is 26.8 Å². The van der Waals surface area contributed by atoms with Gasteiger partial charge in [0.05, 0.1) is 6.54 Å². The Morgan fingerprint density at radius 3 is 2.64 bits per heavy atom. The van der Waals surface area contributed by atoms with Gasteiger partial charge in [0.2, 0.25) is 0 Å². The number of aryl methyl sites for hydroxylation is 1. The van der Waals surface area contributed by atoms with E-state index in [2.05, 4.69) is 32.2 Å². The average Bonchev–Trinajstić information content (AvgIpc) is 2.20. The molecule has 0 amide bonds. The Hall–Kier alpha value is -1.49. The lowest BCUT2D eigenvalue weighted by atomic mass is 10.1. The Morgan fingerprint density at radius 1 is 1.36 bits per heavy atom. The molecule has 2 nitrogen and oxygen atoms in total. The number of nitriles is 1. The SMILES string of the molecule is CCCN(C#N)Cc1ccccc1C. The smallest absolute Gasteiger partial charge is 0.179 e. The van der Waals surface area contributed by atoms with E-state index in [4.69, 9.17) is 5.26 Å². The first-order valence-corrected chi connectivity index (χ1v) is 4.97. The summed E-state index contributed by atoms with van der Waals surface area (Å²) in [6.45, 7) is 5.74. The third-order valence-electron chi connectivity index (χ3n) is 2.26. The fourth-order valence-corrected chi connectivity index (χ4v) is 1.43. The molecule has 1 aromatic carbocycles. The van der Waals surface area contributed by atoms with Crippen molar-refractivity contribution in [1.29, 1.82) is 5.26 Å². The van der Waals surface area contributed by atoms with Gasteiger partial charge in [-0.2, -0.15) is 5.26 Å². The van der Waals surface area contributed by atoms with Gasteiger partial charge < -0.3 is 4.90 Å². The lowest BCUT2D eigenvalue weighted by Gasteiger charge is -2.15. The summed E-state index contributed by atoms with van der Waals surface area (Å²) in [4.78, 5) is 1.79. The molecule has 0 aliphatic heterocycles. The standard InChI is InChI=1S/C12H16N2/c1-3-8-14(10-13)9-12-7-5-4-6-11(12)2/h4-7H,3,8-9H2,1-2H3. The van der Waals surface area contributed by atoms with Gasteiger partial charge in [-0.25, -0.2) is 0 Å². The first-order chi connectivity index (χ1) is 6.77. The lowest BCUT2D eigenvalue weighted by Crippen LogP contribution is -2.18. The zero-order chi connectivity index (χ0) is 10.4. The molecule has 0 saturated heterocycles. The Labute approximate surface area is 85.8 Å². The van der Waals surface area contributed by atoms with Crippen molar-refractivity contribution >= 4 is 0 Å². The fraction of sp³-hybridized carbons (Fsp3) is 0.417. The molecule has 1 aromatic rings. The van der Waals surface area contributed by atoms with Crippen molar-refractivity contribution in [2.24, 2.45) is 0 Å². The lowest BCUT2D eigenvalue weighted by molar-refractivity contribution is 0.384. The molecular weight excluding hydrogens is 172 g/mol. The minimum absolute atomic E-state index is 0.733. The number of hydrogen-bond acceptors (Lipinski definition) is 2. The Kier molecular flexibility index (Phi) is 4.00. The van der Waals surface area contributed by atoms with Crippen LogP contribution in [0.1, 0.15) is 24.5 Å². The predicted molar refractivity (Wildman–Crippen MR) is 57.5 cm³/mol. The summed E-state index contributed by atoms with van der Waals surface area (Å²) in [6, 6.07) is 8.20. The maximum absolute atomic E-state index is 8.89. The topological polar surface area (TPSA) is 27.0 Å². The maximum atomic E-state index is 8.89. The van der Waals surface area contributed by atoms with Crippen molar-refractivity contribution in [3.8, 4) is 6.19 Å². The molecule has 0 bridgehead atoms. The van der Waals surface area contributed by atoms with Crippen LogP contribution in [-0.2, 0) is 6.54 Å². The fourth-order valence-electron chi connectivity index (χ4n) is 1.43. The molecule has 0 fully saturated rings. The van der Waals surface area contributed by atoms with E-state index in [0.717, 1.165) is 19.5 Å². The van der Waals surface area contributed by atoms with Crippen LogP contribution in [0.3, 0.4) is 0 Å². The highest BCUT2D eigenvalue weighted by molar-refractivity contribution is 5.25. The van der Waals surface area contributed by atoms with Crippen molar-refractivity contribution < 1.29 is 0 Å². The van der Waals surface area contributed by atoms with Gasteiger partial charge in [-0.15, -0.1) is 0 Å². The number of nitrogens with zero attached hydrogens (tertiary/aromatic N) is 2. The zero-order valence-corrected chi connectivity index (χ0v) is 8.83. The van der Waals surface area contributed by atoms with Crippen molar-refractivity contribution in [3.63, 3.8) is 0 Å². The van der Waals surface area contributed by atoms with Crippen LogP contribution >= 0.6 is 0 Å². The van der Waals surface area contributed by atoms with E-state index >= 15 is 0 Å². The molecular formula is C12H16N2. The Morgan fingerprint density at radius 2 is 2.07 bits per heavy atom. The molecule has 74 valence electrons. The minimum atomic E-state index is 0.733. The van der Waals surface area contributed by atoms with E-state index in [1.807, 2.05) is 12.1 Å². The highest BCUT2D eigenvalue weighted by atomic mass is 15.1. The Bertz CT molecular complexity index is 325. The summed E-state index contributed by atoms with van der Waals surface area (Å²) >= 11 is 0. The Balaban J connectivity index is 2.68. The van der Waals surface area contributed by atoms with E-state index < -0.39 is 0 Å². The zero-order valence-electron chi connectivity index (χ0n) is 8.83. The first-order valence-electron chi connectivity index (χ1n) is 4.97. The minimum Gasteiger partial charge on any atom is -0.306 e. The summed E-state index contributed by atoms with van der Waals surface area (Å²) in [6.07, 6.45) is 3.23. The molecule has 0 N–H and O–H groups in total. The van der Waals surface area contributed by atoms with Crippen LogP contribution in [0.2, 0.25) is 0 Å². The van der Waals surface area contributed by atoms with E-state index in [-0.39, 0.29) is 0 Å². The second kappa shape index (κ2) is 5.29. The summed E-state index contributed by atoms with van der Waals surface area (Å²) in [5.74, 6) is 0. The normalized spacial score (nSPS) is 9.50. The van der Waals surface area contributed by atoms with Gasteiger partial charge in [-0.3, -0.25) is 0 Å². The molecule has 0 spiro atoms. The van der Waals surface area contributed by atoms with Crippen molar-refractivity contribution in [2.75, 3.05) is 6.54 Å². The molecule has 0 aromatic heterocycles. The molecule has 1 rings (SSSR count). The second-order valence-corrected chi connectivity index (χ2v) is 3.45. The first kappa shape index (κ1) is 10.6. The van der Waals surface area contributed by atoms with Gasteiger partial charge in [0.15, 0.2) is 6.19 Å². The van der Waals surface area contributed by atoms with Crippen LogP contribution in [0.25, 0.3) is 0 Å².